The Morgan fingerprint density at radius 3 is 2.83 bits per heavy atom. The molecule has 1 aromatic carbocycles. The van der Waals surface area contributed by atoms with Gasteiger partial charge in [0.05, 0.1) is 18.5 Å². The molecule has 0 aliphatic carbocycles. The summed E-state index contributed by atoms with van der Waals surface area (Å²) < 4.78 is 24.9. The van der Waals surface area contributed by atoms with E-state index in [2.05, 4.69) is 0 Å². The highest BCUT2D eigenvalue weighted by molar-refractivity contribution is 6.00. The van der Waals surface area contributed by atoms with Crippen molar-refractivity contribution in [1.29, 1.82) is 0 Å². The first-order valence-corrected chi connectivity index (χ1v) is 8.17. The van der Waals surface area contributed by atoms with E-state index in [4.69, 9.17) is 9.47 Å². The molecule has 0 bridgehead atoms. The van der Waals surface area contributed by atoms with Gasteiger partial charge >= 0.3 is 6.09 Å². The van der Waals surface area contributed by atoms with Crippen LogP contribution in [0.5, 0.6) is 5.75 Å². The zero-order valence-electron chi connectivity index (χ0n) is 14.2. The van der Waals surface area contributed by atoms with Crippen LogP contribution in [0.1, 0.15) is 50.4 Å². The Labute approximate surface area is 140 Å². The van der Waals surface area contributed by atoms with Gasteiger partial charge in [-0.2, -0.15) is 0 Å². The number of amides is 1. The topological polar surface area (TPSA) is 55.8 Å². The standard InChI is InChI=1S/C18H22FNO4/c1-17(2,3)24-16(22)20-8-4-7-18(11-20)10-14(21)13-6-5-12(19)9-15(13)23-18/h5-6,9H,4,7-8,10-11H2,1-3H3/t18-/m1/s1. The number of hydrogen-bond donors (Lipinski definition) is 0. The van der Waals surface area contributed by atoms with Crippen LogP contribution < -0.4 is 4.74 Å². The third-order valence-corrected chi connectivity index (χ3v) is 4.24. The molecule has 0 N–H and O–H groups in total. The number of carbonyl (C=O) groups excluding carboxylic acids is 2. The SMILES string of the molecule is CC(C)(C)OC(=O)N1CCC[C@@]2(CC(=O)c3ccc(F)cc3O2)C1. The first-order valence-electron chi connectivity index (χ1n) is 8.17. The summed E-state index contributed by atoms with van der Waals surface area (Å²) in [6, 6.07) is 3.95. The summed E-state index contributed by atoms with van der Waals surface area (Å²) in [5, 5.41) is 0. The summed E-state index contributed by atoms with van der Waals surface area (Å²) in [5.41, 5.74) is -0.982. The Morgan fingerprint density at radius 2 is 2.12 bits per heavy atom. The number of hydrogen-bond acceptors (Lipinski definition) is 4. The average Bonchev–Trinajstić information content (AvgIpc) is 2.44. The van der Waals surface area contributed by atoms with Crippen LogP contribution in [0.15, 0.2) is 18.2 Å². The summed E-state index contributed by atoms with van der Waals surface area (Å²) in [4.78, 5) is 26.3. The molecule has 0 unspecified atom stereocenters. The lowest BCUT2D eigenvalue weighted by molar-refractivity contribution is -0.0335. The van der Waals surface area contributed by atoms with Crippen LogP contribution in [0.4, 0.5) is 9.18 Å². The lowest BCUT2D eigenvalue weighted by Gasteiger charge is -2.44. The first kappa shape index (κ1) is 16.7. The van der Waals surface area contributed by atoms with E-state index in [1.807, 2.05) is 20.8 Å². The van der Waals surface area contributed by atoms with Gasteiger partial charge in [-0.25, -0.2) is 9.18 Å². The quantitative estimate of drug-likeness (QED) is 0.727. The molecule has 0 saturated carbocycles. The monoisotopic (exact) mass is 335 g/mol. The van der Waals surface area contributed by atoms with Gasteiger partial charge in [0.25, 0.3) is 0 Å². The molecule has 3 rings (SSSR count). The van der Waals surface area contributed by atoms with Crippen molar-refractivity contribution < 1.29 is 23.5 Å². The van der Waals surface area contributed by atoms with Gasteiger partial charge in [-0.05, 0) is 45.7 Å². The van der Waals surface area contributed by atoms with Crippen molar-refractivity contribution in [1.82, 2.24) is 4.90 Å². The Morgan fingerprint density at radius 1 is 1.38 bits per heavy atom. The van der Waals surface area contributed by atoms with Crippen LogP contribution in [-0.4, -0.2) is 41.1 Å². The number of benzene rings is 1. The number of piperidine rings is 1. The summed E-state index contributed by atoms with van der Waals surface area (Å²) in [6.45, 7) is 6.26. The van der Waals surface area contributed by atoms with E-state index >= 15 is 0 Å². The average molecular weight is 335 g/mol. The lowest BCUT2D eigenvalue weighted by atomic mass is 9.83. The number of ether oxygens (including phenoxy) is 2. The fraction of sp³-hybridized carbons (Fsp3) is 0.556. The molecule has 0 aromatic heterocycles. The molecule has 0 radical (unpaired) electrons. The largest absolute Gasteiger partial charge is 0.484 e. The van der Waals surface area contributed by atoms with Gasteiger partial charge in [0.15, 0.2) is 5.78 Å². The van der Waals surface area contributed by atoms with Crippen LogP contribution in [0.25, 0.3) is 0 Å². The van der Waals surface area contributed by atoms with Crippen LogP contribution in [-0.2, 0) is 4.74 Å². The molecule has 2 heterocycles. The van der Waals surface area contributed by atoms with Gasteiger partial charge in [-0.15, -0.1) is 0 Å². The molecular formula is C18H22FNO4. The van der Waals surface area contributed by atoms with E-state index in [-0.39, 0.29) is 24.5 Å². The number of nitrogens with zero attached hydrogens (tertiary/aromatic N) is 1. The number of halogens is 1. The molecule has 1 aromatic rings. The molecule has 1 saturated heterocycles. The zero-order chi connectivity index (χ0) is 17.5. The minimum atomic E-state index is -0.799. The predicted octanol–water partition coefficient (Wildman–Crippen LogP) is 3.56. The van der Waals surface area contributed by atoms with Crippen molar-refractivity contribution in [2.75, 3.05) is 13.1 Å². The Bertz CT molecular complexity index is 682. The van der Waals surface area contributed by atoms with Crippen molar-refractivity contribution >= 4 is 11.9 Å². The van der Waals surface area contributed by atoms with Gasteiger partial charge in [-0.1, -0.05) is 0 Å². The van der Waals surface area contributed by atoms with Gasteiger partial charge < -0.3 is 14.4 Å². The number of fused-ring (bicyclic) bond motifs is 1. The van der Waals surface area contributed by atoms with E-state index in [1.54, 1.807) is 4.90 Å². The van der Waals surface area contributed by atoms with Crippen LogP contribution >= 0.6 is 0 Å². The van der Waals surface area contributed by atoms with Crippen molar-refractivity contribution in [3.05, 3.63) is 29.6 Å². The third-order valence-electron chi connectivity index (χ3n) is 4.24. The maximum Gasteiger partial charge on any atom is 0.410 e. The van der Waals surface area contributed by atoms with E-state index in [0.29, 0.717) is 24.9 Å². The molecule has 6 heteroatoms. The molecule has 130 valence electrons. The number of ketones is 1. The molecule has 1 spiro atoms. The number of likely N-dealkylation sites (tertiary alicyclic amines) is 1. The van der Waals surface area contributed by atoms with Gasteiger partial charge in [0.2, 0.25) is 0 Å². The normalized spacial score (nSPS) is 23.7. The van der Waals surface area contributed by atoms with Crippen LogP contribution in [0.2, 0.25) is 0 Å². The van der Waals surface area contributed by atoms with E-state index in [1.165, 1.54) is 18.2 Å². The summed E-state index contributed by atoms with van der Waals surface area (Å²) in [6.07, 6.45) is 1.12. The second kappa shape index (κ2) is 5.76. The highest BCUT2D eigenvalue weighted by Crippen LogP contribution is 2.39. The summed E-state index contributed by atoms with van der Waals surface area (Å²) in [5.74, 6) is -0.266. The molecule has 1 fully saturated rings. The number of Topliss-reactive ketones (excluding diaryl/α,β-unsaturated/α-hetero) is 1. The second-order valence-corrected chi connectivity index (χ2v) is 7.53. The maximum absolute atomic E-state index is 13.5. The van der Waals surface area contributed by atoms with E-state index < -0.39 is 23.1 Å². The molecule has 24 heavy (non-hydrogen) atoms. The smallest absolute Gasteiger partial charge is 0.410 e. The molecule has 1 amide bonds. The fourth-order valence-corrected chi connectivity index (χ4v) is 3.28. The lowest BCUT2D eigenvalue weighted by Crippen LogP contribution is -2.56. The highest BCUT2D eigenvalue weighted by Gasteiger charge is 2.45. The predicted molar refractivity (Wildman–Crippen MR) is 85.7 cm³/mol. The van der Waals surface area contributed by atoms with Crippen molar-refractivity contribution in [2.45, 2.75) is 51.2 Å². The molecule has 2 aliphatic rings. The minimum absolute atomic E-state index is 0.0812. The zero-order valence-corrected chi connectivity index (χ0v) is 14.2. The summed E-state index contributed by atoms with van der Waals surface area (Å²) in [7, 11) is 0. The van der Waals surface area contributed by atoms with E-state index in [9.17, 15) is 14.0 Å². The van der Waals surface area contributed by atoms with Crippen LogP contribution in [0.3, 0.4) is 0 Å². The highest BCUT2D eigenvalue weighted by atomic mass is 19.1. The Kier molecular flexibility index (Phi) is 4.01. The van der Waals surface area contributed by atoms with Gasteiger partial charge in [0, 0.05) is 12.6 Å². The number of rotatable bonds is 0. The fourth-order valence-electron chi connectivity index (χ4n) is 3.28. The Balaban J connectivity index is 1.81. The molecule has 2 aliphatic heterocycles. The van der Waals surface area contributed by atoms with Crippen LogP contribution in [0, 0.1) is 5.82 Å². The van der Waals surface area contributed by atoms with Gasteiger partial charge in [0.1, 0.15) is 22.8 Å². The summed E-state index contributed by atoms with van der Waals surface area (Å²) >= 11 is 0. The first-order chi connectivity index (χ1) is 11.2. The second-order valence-electron chi connectivity index (χ2n) is 7.53. The maximum atomic E-state index is 13.5. The molecule has 5 nitrogen and oxygen atoms in total. The van der Waals surface area contributed by atoms with Gasteiger partial charge in [-0.3, -0.25) is 4.79 Å². The van der Waals surface area contributed by atoms with E-state index in [0.717, 1.165) is 0 Å². The van der Waals surface area contributed by atoms with Crippen molar-refractivity contribution in [3.8, 4) is 5.75 Å². The third kappa shape index (κ3) is 3.37. The number of carbonyl (C=O) groups is 2. The molecule has 1 atom stereocenters. The molecular weight excluding hydrogens is 313 g/mol. The minimum Gasteiger partial charge on any atom is -0.484 e. The van der Waals surface area contributed by atoms with Crippen molar-refractivity contribution in [2.24, 2.45) is 0 Å². The van der Waals surface area contributed by atoms with Crippen molar-refractivity contribution in [3.63, 3.8) is 0 Å². The Hall–Kier alpha value is -2.11.